The molecular weight excluding hydrogens is 309 g/mol. The van der Waals surface area contributed by atoms with E-state index in [9.17, 15) is 12.8 Å². The van der Waals surface area contributed by atoms with Crippen molar-refractivity contribution in [1.29, 1.82) is 0 Å². The number of benzene rings is 2. The Balaban J connectivity index is 2.33. The van der Waals surface area contributed by atoms with Gasteiger partial charge in [0.2, 0.25) is 0 Å². The third kappa shape index (κ3) is 3.84. The highest BCUT2D eigenvalue weighted by atomic mass is 32.2. The van der Waals surface area contributed by atoms with E-state index in [0.29, 0.717) is 5.56 Å². The smallest absolute Gasteiger partial charge is 0.175 e. The minimum absolute atomic E-state index is 0.263. The zero-order chi connectivity index (χ0) is 15.6. The molecule has 0 fully saturated rings. The lowest BCUT2D eigenvalue weighted by Gasteiger charge is -2.13. The second kappa shape index (κ2) is 6.17. The van der Waals surface area contributed by atoms with E-state index in [-0.39, 0.29) is 10.7 Å². The third-order valence-electron chi connectivity index (χ3n) is 2.95. The largest absolute Gasteiger partial charge is 0.324 e. The van der Waals surface area contributed by atoms with Gasteiger partial charge in [-0.2, -0.15) is 0 Å². The number of sulfone groups is 1. The molecule has 0 bridgehead atoms. The normalized spacial score (nSPS) is 13.1. The number of rotatable bonds is 4. The molecule has 0 saturated heterocycles. The average molecular weight is 325 g/mol. The molecule has 0 unspecified atom stereocenters. The molecule has 2 N–H and O–H groups in total. The summed E-state index contributed by atoms with van der Waals surface area (Å²) in [5.74, 6) is -0.331. The second-order valence-corrected chi connectivity index (χ2v) is 7.92. The first kappa shape index (κ1) is 16.0. The van der Waals surface area contributed by atoms with Gasteiger partial charge >= 0.3 is 0 Å². The Morgan fingerprint density at radius 2 is 1.76 bits per heavy atom. The lowest BCUT2D eigenvalue weighted by molar-refractivity contribution is 0.585. The van der Waals surface area contributed by atoms with Crippen LogP contribution in [0.15, 0.2) is 57.2 Å². The highest BCUT2D eigenvalue weighted by Crippen LogP contribution is 2.34. The predicted molar refractivity (Wildman–Crippen MR) is 82.7 cm³/mol. The zero-order valence-electron chi connectivity index (χ0n) is 11.7. The Morgan fingerprint density at radius 1 is 1.14 bits per heavy atom. The van der Waals surface area contributed by atoms with Crippen molar-refractivity contribution in [2.45, 2.75) is 27.7 Å². The van der Waals surface area contributed by atoms with Gasteiger partial charge in [0.1, 0.15) is 5.82 Å². The average Bonchev–Trinajstić information content (AvgIpc) is 2.38. The molecule has 0 radical (unpaired) electrons. The van der Waals surface area contributed by atoms with E-state index in [2.05, 4.69) is 0 Å². The molecule has 6 heteroatoms. The van der Waals surface area contributed by atoms with Crippen LogP contribution in [0.1, 0.15) is 18.5 Å². The SMILES string of the molecule is C[C@@H](N)c1c(F)cccc1Sc1ccc(S(C)(=O)=O)cc1. The summed E-state index contributed by atoms with van der Waals surface area (Å²) in [5, 5.41) is 0. The van der Waals surface area contributed by atoms with Gasteiger partial charge in [-0.25, -0.2) is 12.8 Å². The third-order valence-corrected chi connectivity index (χ3v) is 5.16. The van der Waals surface area contributed by atoms with Crippen LogP contribution in [0.25, 0.3) is 0 Å². The molecule has 3 nitrogen and oxygen atoms in total. The van der Waals surface area contributed by atoms with E-state index in [1.807, 2.05) is 0 Å². The summed E-state index contributed by atoms with van der Waals surface area (Å²) in [7, 11) is -3.21. The maximum Gasteiger partial charge on any atom is 0.175 e. The van der Waals surface area contributed by atoms with Crippen molar-refractivity contribution in [1.82, 2.24) is 0 Å². The van der Waals surface area contributed by atoms with Crippen LogP contribution in [-0.2, 0) is 9.84 Å². The van der Waals surface area contributed by atoms with Gasteiger partial charge < -0.3 is 5.73 Å². The molecule has 1 atom stereocenters. The van der Waals surface area contributed by atoms with Crippen molar-refractivity contribution in [3.05, 3.63) is 53.8 Å². The fraction of sp³-hybridized carbons (Fsp3) is 0.200. The number of nitrogens with two attached hydrogens (primary N) is 1. The zero-order valence-corrected chi connectivity index (χ0v) is 13.3. The molecule has 0 spiro atoms. The summed E-state index contributed by atoms with van der Waals surface area (Å²) in [6.07, 6.45) is 1.16. The molecule has 0 saturated carbocycles. The molecule has 0 amide bonds. The Labute approximate surface area is 128 Å². The molecule has 0 aliphatic rings. The first-order valence-electron chi connectivity index (χ1n) is 6.31. The molecule has 0 aromatic heterocycles. The molecule has 112 valence electrons. The highest BCUT2D eigenvalue weighted by molar-refractivity contribution is 7.99. The summed E-state index contributed by atoms with van der Waals surface area (Å²) in [5.41, 5.74) is 6.28. The van der Waals surface area contributed by atoms with E-state index < -0.39 is 15.9 Å². The van der Waals surface area contributed by atoms with E-state index in [1.54, 1.807) is 43.3 Å². The molecule has 0 aliphatic heterocycles. The van der Waals surface area contributed by atoms with Crippen LogP contribution in [0.5, 0.6) is 0 Å². The summed E-state index contributed by atoms with van der Waals surface area (Å²) < 4.78 is 36.7. The molecule has 2 aromatic rings. The summed E-state index contributed by atoms with van der Waals surface area (Å²) in [6, 6.07) is 10.9. The lowest BCUT2D eigenvalue weighted by Crippen LogP contribution is -2.08. The van der Waals surface area contributed by atoms with Crippen LogP contribution < -0.4 is 5.73 Å². The maximum atomic E-state index is 13.9. The minimum atomic E-state index is -3.21. The maximum absolute atomic E-state index is 13.9. The van der Waals surface area contributed by atoms with Crippen molar-refractivity contribution in [3.63, 3.8) is 0 Å². The highest BCUT2D eigenvalue weighted by Gasteiger charge is 2.14. The van der Waals surface area contributed by atoms with Gasteiger partial charge in [0, 0.05) is 27.7 Å². The fourth-order valence-electron chi connectivity index (χ4n) is 1.93. The molecule has 0 aliphatic carbocycles. The van der Waals surface area contributed by atoms with Crippen molar-refractivity contribution >= 4 is 21.6 Å². The lowest BCUT2D eigenvalue weighted by atomic mass is 10.1. The monoisotopic (exact) mass is 325 g/mol. The predicted octanol–water partition coefficient (Wildman–Crippen LogP) is 3.40. The van der Waals surface area contributed by atoms with Gasteiger partial charge in [0.05, 0.1) is 4.90 Å². The number of hydrogen-bond acceptors (Lipinski definition) is 4. The van der Waals surface area contributed by atoms with Gasteiger partial charge in [0.25, 0.3) is 0 Å². The molecule has 2 rings (SSSR count). The molecule has 0 heterocycles. The van der Waals surface area contributed by atoms with Crippen LogP contribution in [0, 0.1) is 5.82 Å². The van der Waals surface area contributed by atoms with Crippen LogP contribution in [0.4, 0.5) is 4.39 Å². The summed E-state index contributed by atoms with van der Waals surface area (Å²) >= 11 is 1.36. The standard InChI is InChI=1S/C15H16FNO2S2/c1-10(17)15-13(16)4-3-5-14(15)20-11-6-8-12(9-7-11)21(2,18)19/h3-10H,17H2,1-2H3/t10-/m1/s1. The first-order valence-corrected chi connectivity index (χ1v) is 9.02. The van der Waals surface area contributed by atoms with Gasteiger partial charge in [-0.15, -0.1) is 0 Å². The Hall–Kier alpha value is -1.37. The van der Waals surface area contributed by atoms with Gasteiger partial charge in [-0.3, -0.25) is 0 Å². The Bertz CT molecular complexity index is 741. The second-order valence-electron chi connectivity index (χ2n) is 4.79. The van der Waals surface area contributed by atoms with Crippen molar-refractivity contribution < 1.29 is 12.8 Å². The van der Waals surface area contributed by atoms with Gasteiger partial charge in [0.15, 0.2) is 9.84 Å². The molecule has 2 aromatic carbocycles. The minimum Gasteiger partial charge on any atom is -0.324 e. The Morgan fingerprint density at radius 3 is 2.29 bits per heavy atom. The van der Waals surface area contributed by atoms with Crippen molar-refractivity contribution in [2.24, 2.45) is 5.73 Å². The van der Waals surface area contributed by atoms with Crippen molar-refractivity contribution in [2.75, 3.05) is 6.26 Å². The molecular formula is C15H16FNO2S2. The van der Waals surface area contributed by atoms with Crippen LogP contribution in [0.2, 0.25) is 0 Å². The summed E-state index contributed by atoms with van der Waals surface area (Å²) in [4.78, 5) is 1.82. The molecule has 21 heavy (non-hydrogen) atoms. The fourth-order valence-corrected chi connectivity index (χ4v) is 3.63. The Kier molecular flexibility index (Phi) is 4.70. The van der Waals surface area contributed by atoms with E-state index in [0.717, 1.165) is 16.0 Å². The van der Waals surface area contributed by atoms with Gasteiger partial charge in [-0.05, 0) is 43.3 Å². The number of halogens is 1. The quantitative estimate of drug-likeness (QED) is 0.936. The topological polar surface area (TPSA) is 60.2 Å². The van der Waals surface area contributed by atoms with Gasteiger partial charge in [-0.1, -0.05) is 17.8 Å². The van der Waals surface area contributed by atoms with Crippen molar-refractivity contribution in [3.8, 4) is 0 Å². The van der Waals surface area contributed by atoms with E-state index in [4.69, 9.17) is 5.73 Å². The van der Waals surface area contributed by atoms with E-state index in [1.165, 1.54) is 17.8 Å². The van der Waals surface area contributed by atoms with E-state index >= 15 is 0 Å². The van der Waals surface area contributed by atoms with Crippen LogP contribution >= 0.6 is 11.8 Å². The van der Waals surface area contributed by atoms with Crippen LogP contribution in [0.3, 0.4) is 0 Å². The number of hydrogen-bond donors (Lipinski definition) is 1. The first-order chi connectivity index (χ1) is 9.79. The van der Waals surface area contributed by atoms with Crippen LogP contribution in [-0.4, -0.2) is 14.7 Å². The summed E-state index contributed by atoms with van der Waals surface area (Å²) in [6.45, 7) is 1.73.